The summed E-state index contributed by atoms with van der Waals surface area (Å²) in [5, 5.41) is 11.5. The number of hydrogen-bond acceptors (Lipinski definition) is 2. The van der Waals surface area contributed by atoms with Crippen molar-refractivity contribution in [2.45, 2.75) is 32.7 Å². The van der Waals surface area contributed by atoms with E-state index in [0.717, 1.165) is 5.56 Å². The van der Waals surface area contributed by atoms with E-state index in [1.165, 1.54) is 0 Å². The molecule has 0 fully saturated rings. The van der Waals surface area contributed by atoms with Gasteiger partial charge in [-0.15, -0.1) is 0 Å². The molecule has 0 aromatic heterocycles. The first-order chi connectivity index (χ1) is 8.50. The standard InChI is InChI=1S/C14H19NO3/c1-10(2)13(14(17)18)15-12(16)9-8-11-6-4-3-5-7-11/h3-7,10,13H,8-9H2,1-2H3,(H,15,16)(H,17,18)/t13-/m0/s1. The van der Waals surface area contributed by atoms with Crippen molar-refractivity contribution in [2.24, 2.45) is 5.92 Å². The zero-order chi connectivity index (χ0) is 13.5. The number of aryl methyl sites for hydroxylation is 1. The van der Waals surface area contributed by atoms with Gasteiger partial charge in [-0.3, -0.25) is 4.79 Å². The first kappa shape index (κ1) is 14.2. The largest absolute Gasteiger partial charge is 0.480 e. The van der Waals surface area contributed by atoms with E-state index >= 15 is 0 Å². The summed E-state index contributed by atoms with van der Waals surface area (Å²) in [7, 11) is 0. The Morgan fingerprint density at radius 2 is 1.83 bits per heavy atom. The highest BCUT2D eigenvalue weighted by molar-refractivity contribution is 5.83. The van der Waals surface area contributed by atoms with Crippen molar-refractivity contribution in [1.82, 2.24) is 5.32 Å². The van der Waals surface area contributed by atoms with Gasteiger partial charge >= 0.3 is 5.97 Å². The zero-order valence-electron chi connectivity index (χ0n) is 10.7. The van der Waals surface area contributed by atoms with Gasteiger partial charge in [-0.2, -0.15) is 0 Å². The third-order valence-electron chi connectivity index (χ3n) is 2.73. The SMILES string of the molecule is CC(C)[C@H](NC(=O)CCc1ccccc1)C(=O)O. The van der Waals surface area contributed by atoms with Gasteiger partial charge in [-0.25, -0.2) is 4.79 Å². The average molecular weight is 249 g/mol. The molecule has 0 aliphatic carbocycles. The normalized spacial score (nSPS) is 12.2. The molecule has 0 aliphatic rings. The Morgan fingerprint density at radius 3 is 2.33 bits per heavy atom. The lowest BCUT2D eigenvalue weighted by atomic mass is 10.0. The molecule has 0 heterocycles. The van der Waals surface area contributed by atoms with Crippen molar-refractivity contribution in [2.75, 3.05) is 0 Å². The summed E-state index contributed by atoms with van der Waals surface area (Å²) in [4.78, 5) is 22.6. The van der Waals surface area contributed by atoms with Crippen molar-refractivity contribution in [3.8, 4) is 0 Å². The fourth-order valence-electron chi connectivity index (χ4n) is 1.66. The van der Waals surface area contributed by atoms with Gasteiger partial charge in [-0.05, 0) is 17.9 Å². The Labute approximate surface area is 107 Å². The third-order valence-corrected chi connectivity index (χ3v) is 2.73. The summed E-state index contributed by atoms with van der Waals surface area (Å²) in [5.41, 5.74) is 1.07. The number of nitrogens with one attached hydrogen (secondary N) is 1. The van der Waals surface area contributed by atoms with Crippen LogP contribution in [0, 0.1) is 5.92 Å². The predicted molar refractivity (Wildman–Crippen MR) is 69.2 cm³/mol. The van der Waals surface area contributed by atoms with E-state index in [4.69, 9.17) is 5.11 Å². The van der Waals surface area contributed by atoms with Gasteiger partial charge in [0.15, 0.2) is 0 Å². The van der Waals surface area contributed by atoms with Gasteiger partial charge in [0.25, 0.3) is 0 Å². The van der Waals surface area contributed by atoms with E-state index in [1.807, 2.05) is 30.3 Å². The Hall–Kier alpha value is -1.84. The average Bonchev–Trinajstić information content (AvgIpc) is 2.34. The summed E-state index contributed by atoms with van der Waals surface area (Å²) in [5.74, 6) is -1.33. The van der Waals surface area contributed by atoms with Gasteiger partial charge < -0.3 is 10.4 Å². The first-order valence-corrected chi connectivity index (χ1v) is 6.07. The lowest BCUT2D eigenvalue weighted by Crippen LogP contribution is -2.44. The summed E-state index contributed by atoms with van der Waals surface area (Å²) < 4.78 is 0. The second-order valence-electron chi connectivity index (χ2n) is 4.61. The fourth-order valence-corrected chi connectivity index (χ4v) is 1.66. The number of amides is 1. The molecule has 4 nitrogen and oxygen atoms in total. The molecule has 1 rings (SSSR count). The predicted octanol–water partition coefficient (Wildman–Crippen LogP) is 1.84. The zero-order valence-corrected chi connectivity index (χ0v) is 10.7. The van der Waals surface area contributed by atoms with Crippen LogP contribution in [0.3, 0.4) is 0 Å². The molecule has 1 amide bonds. The van der Waals surface area contributed by atoms with Crippen LogP contribution in [-0.2, 0) is 16.0 Å². The Kier molecular flexibility index (Phi) is 5.36. The number of hydrogen-bond donors (Lipinski definition) is 2. The van der Waals surface area contributed by atoms with Crippen LogP contribution in [0.4, 0.5) is 0 Å². The number of aliphatic carboxylic acids is 1. The van der Waals surface area contributed by atoms with Crippen LogP contribution < -0.4 is 5.32 Å². The van der Waals surface area contributed by atoms with E-state index in [-0.39, 0.29) is 11.8 Å². The minimum Gasteiger partial charge on any atom is -0.480 e. The monoisotopic (exact) mass is 249 g/mol. The molecule has 0 aliphatic heterocycles. The van der Waals surface area contributed by atoms with Crippen LogP contribution in [0.1, 0.15) is 25.8 Å². The molecule has 18 heavy (non-hydrogen) atoms. The molecule has 0 saturated carbocycles. The molecule has 0 spiro atoms. The molecule has 0 bridgehead atoms. The number of carbonyl (C=O) groups is 2. The van der Waals surface area contributed by atoms with Crippen molar-refractivity contribution < 1.29 is 14.7 Å². The van der Waals surface area contributed by atoms with Gasteiger partial charge in [0.1, 0.15) is 6.04 Å². The van der Waals surface area contributed by atoms with Crippen LogP contribution in [-0.4, -0.2) is 23.0 Å². The van der Waals surface area contributed by atoms with Gasteiger partial charge in [-0.1, -0.05) is 44.2 Å². The molecule has 0 radical (unpaired) electrons. The van der Waals surface area contributed by atoms with E-state index < -0.39 is 12.0 Å². The number of benzene rings is 1. The van der Waals surface area contributed by atoms with Crippen LogP contribution >= 0.6 is 0 Å². The lowest BCUT2D eigenvalue weighted by Gasteiger charge is -2.17. The minimum absolute atomic E-state index is 0.122. The molecule has 1 aromatic carbocycles. The van der Waals surface area contributed by atoms with Crippen LogP contribution in [0.2, 0.25) is 0 Å². The maximum absolute atomic E-state index is 11.7. The van der Waals surface area contributed by atoms with E-state index in [2.05, 4.69) is 5.32 Å². The van der Waals surface area contributed by atoms with Crippen molar-refractivity contribution in [1.29, 1.82) is 0 Å². The van der Waals surface area contributed by atoms with Gasteiger partial charge in [0, 0.05) is 6.42 Å². The van der Waals surface area contributed by atoms with Crippen molar-refractivity contribution in [3.05, 3.63) is 35.9 Å². The van der Waals surface area contributed by atoms with Crippen molar-refractivity contribution in [3.63, 3.8) is 0 Å². The number of carbonyl (C=O) groups excluding carboxylic acids is 1. The van der Waals surface area contributed by atoms with E-state index in [1.54, 1.807) is 13.8 Å². The molecule has 1 aromatic rings. The number of carboxylic acids is 1. The van der Waals surface area contributed by atoms with Crippen LogP contribution in [0.5, 0.6) is 0 Å². The highest BCUT2D eigenvalue weighted by atomic mass is 16.4. The summed E-state index contributed by atoms with van der Waals surface area (Å²) in [6.07, 6.45) is 0.928. The van der Waals surface area contributed by atoms with Gasteiger partial charge in [0.2, 0.25) is 5.91 Å². The number of rotatable bonds is 6. The molecule has 1 atom stereocenters. The summed E-state index contributed by atoms with van der Waals surface area (Å²) in [6, 6.07) is 8.84. The Bertz CT molecular complexity index is 401. The van der Waals surface area contributed by atoms with E-state index in [0.29, 0.717) is 12.8 Å². The molecular weight excluding hydrogens is 230 g/mol. The van der Waals surface area contributed by atoms with Crippen LogP contribution in [0.15, 0.2) is 30.3 Å². The quantitative estimate of drug-likeness (QED) is 0.808. The topological polar surface area (TPSA) is 66.4 Å². The molecular formula is C14H19NO3. The molecule has 2 N–H and O–H groups in total. The second kappa shape index (κ2) is 6.79. The number of carboxylic acid groups (broad SMARTS) is 1. The first-order valence-electron chi connectivity index (χ1n) is 6.07. The Balaban J connectivity index is 2.44. The molecule has 0 unspecified atom stereocenters. The van der Waals surface area contributed by atoms with Gasteiger partial charge in [0.05, 0.1) is 0 Å². The molecule has 0 saturated heterocycles. The maximum Gasteiger partial charge on any atom is 0.326 e. The van der Waals surface area contributed by atoms with E-state index in [9.17, 15) is 9.59 Å². The molecule has 98 valence electrons. The van der Waals surface area contributed by atoms with Crippen molar-refractivity contribution >= 4 is 11.9 Å². The lowest BCUT2D eigenvalue weighted by molar-refractivity contribution is -0.143. The smallest absolute Gasteiger partial charge is 0.326 e. The third kappa shape index (κ3) is 4.57. The highest BCUT2D eigenvalue weighted by Gasteiger charge is 2.22. The molecule has 4 heteroatoms. The Morgan fingerprint density at radius 1 is 1.22 bits per heavy atom. The minimum atomic E-state index is -0.988. The fraction of sp³-hybridized carbons (Fsp3) is 0.429. The highest BCUT2D eigenvalue weighted by Crippen LogP contribution is 2.05. The second-order valence-corrected chi connectivity index (χ2v) is 4.61. The maximum atomic E-state index is 11.7. The van der Waals surface area contributed by atoms with Crippen LogP contribution in [0.25, 0.3) is 0 Å². The summed E-state index contributed by atoms with van der Waals surface area (Å²) in [6.45, 7) is 3.55. The summed E-state index contributed by atoms with van der Waals surface area (Å²) >= 11 is 0.